The second-order valence-corrected chi connectivity index (χ2v) is 13.4. The molecule has 28 heavy (non-hydrogen) atoms. The lowest BCUT2D eigenvalue weighted by molar-refractivity contribution is -0.573. The highest BCUT2D eigenvalue weighted by Gasteiger charge is 2.68. The first-order valence-corrected chi connectivity index (χ1v) is 12.4. The summed E-state index contributed by atoms with van der Waals surface area (Å²) in [5, 5.41) is 0. The van der Waals surface area contributed by atoms with Gasteiger partial charge in [0.25, 0.3) is 5.84 Å². The minimum absolute atomic E-state index is 0.398. The summed E-state index contributed by atoms with van der Waals surface area (Å²) in [7, 11) is 0. The standard InChI is InChI=1S/C24H38N2S2/c1-21(2)15-7-9-23(21,5)17(13-15)25-11-12-26(19(25)20(27)28)18-14-16-8-10-24(18,6)22(16,3)4/h15-18H,7-14H2,1-6H3/p+1/t15-,16-,17+,18+,23+,24+/m1/s1. The molecule has 0 amide bonds. The van der Waals surface area contributed by atoms with Crippen molar-refractivity contribution in [3.05, 3.63) is 0 Å². The van der Waals surface area contributed by atoms with Crippen molar-refractivity contribution >= 4 is 34.9 Å². The van der Waals surface area contributed by atoms with Gasteiger partial charge in [0.05, 0.1) is 0 Å². The minimum atomic E-state index is 0.398. The molecule has 0 aromatic carbocycles. The van der Waals surface area contributed by atoms with Gasteiger partial charge in [-0.2, -0.15) is 0 Å². The molecule has 4 heteroatoms. The fourth-order valence-corrected chi connectivity index (χ4v) is 9.20. The first-order chi connectivity index (χ1) is 12.9. The SMILES string of the molecule is CC1(C)[C@@H]2CC[C@@]1(C)[C@@H](N1CC[N+]([C@H]3C[C@H]4CC[C@]3(C)C4(C)C)=C1C(=S)S)C2. The Labute approximate surface area is 182 Å². The van der Waals surface area contributed by atoms with Crippen LogP contribution in [0.2, 0.25) is 0 Å². The monoisotopic (exact) mass is 419 g/mol. The van der Waals surface area contributed by atoms with Gasteiger partial charge in [-0.15, -0.1) is 12.6 Å². The number of rotatable bonds is 3. The number of amidine groups is 1. The molecular formula is C24H39N2S2+. The summed E-state index contributed by atoms with van der Waals surface area (Å²) in [5.41, 5.74) is 1.67. The quantitative estimate of drug-likeness (QED) is 0.372. The third-order valence-corrected chi connectivity index (χ3v) is 11.9. The van der Waals surface area contributed by atoms with Gasteiger partial charge in [0.1, 0.15) is 25.2 Å². The first-order valence-electron chi connectivity index (χ1n) is 11.6. The molecule has 1 aliphatic heterocycles. The van der Waals surface area contributed by atoms with Gasteiger partial charge in [-0.1, -0.05) is 53.8 Å². The summed E-state index contributed by atoms with van der Waals surface area (Å²) >= 11 is 10.6. The van der Waals surface area contributed by atoms with Crippen molar-refractivity contribution in [2.75, 3.05) is 13.1 Å². The minimum Gasteiger partial charge on any atom is -0.253 e. The van der Waals surface area contributed by atoms with Crippen LogP contribution in [0.3, 0.4) is 0 Å². The van der Waals surface area contributed by atoms with E-state index in [9.17, 15) is 0 Å². The van der Waals surface area contributed by atoms with Crippen molar-refractivity contribution in [1.29, 1.82) is 0 Å². The summed E-state index contributed by atoms with van der Waals surface area (Å²) in [6, 6.07) is 1.26. The topological polar surface area (TPSA) is 6.25 Å². The van der Waals surface area contributed by atoms with Crippen LogP contribution in [0.4, 0.5) is 0 Å². The Morgan fingerprint density at radius 3 is 1.96 bits per heavy atom. The molecule has 0 N–H and O–H groups in total. The Morgan fingerprint density at radius 1 is 0.964 bits per heavy atom. The van der Waals surface area contributed by atoms with Crippen molar-refractivity contribution in [1.82, 2.24) is 4.90 Å². The Hall–Kier alpha value is -0.0900. The van der Waals surface area contributed by atoms with E-state index in [1.54, 1.807) is 0 Å². The number of thiocarbonyl (C=S) groups is 1. The molecule has 156 valence electrons. The predicted molar refractivity (Wildman–Crippen MR) is 124 cm³/mol. The van der Waals surface area contributed by atoms with Gasteiger partial charge in [-0.3, -0.25) is 9.48 Å². The Balaban J connectivity index is 1.54. The maximum atomic E-state index is 5.78. The van der Waals surface area contributed by atoms with Crippen LogP contribution >= 0.6 is 24.8 Å². The third-order valence-electron chi connectivity index (χ3n) is 11.6. The lowest BCUT2D eigenvalue weighted by atomic mass is 9.68. The van der Waals surface area contributed by atoms with Crippen LogP contribution in [-0.4, -0.2) is 44.7 Å². The van der Waals surface area contributed by atoms with Crippen molar-refractivity contribution < 1.29 is 4.58 Å². The number of fused-ring (bicyclic) bond motifs is 4. The summed E-state index contributed by atoms with van der Waals surface area (Å²) in [6.45, 7) is 17.5. The smallest absolute Gasteiger partial charge is 0.253 e. The van der Waals surface area contributed by atoms with Gasteiger partial charge in [0.15, 0.2) is 4.20 Å². The second-order valence-electron chi connectivity index (χ2n) is 12.3. The zero-order valence-corrected chi connectivity index (χ0v) is 20.4. The molecule has 0 saturated heterocycles. The second kappa shape index (κ2) is 5.78. The summed E-state index contributed by atoms with van der Waals surface area (Å²) in [5.74, 6) is 3.04. The molecule has 5 rings (SSSR count). The van der Waals surface area contributed by atoms with E-state index in [1.807, 2.05) is 0 Å². The van der Waals surface area contributed by atoms with Crippen LogP contribution in [0.5, 0.6) is 0 Å². The van der Waals surface area contributed by atoms with E-state index in [-0.39, 0.29) is 0 Å². The summed E-state index contributed by atoms with van der Waals surface area (Å²) in [4.78, 5) is 2.72. The number of thiol groups is 1. The molecule has 4 saturated carbocycles. The average molecular weight is 420 g/mol. The van der Waals surface area contributed by atoms with E-state index in [2.05, 4.69) is 51.0 Å². The van der Waals surface area contributed by atoms with Gasteiger partial charge in [0.2, 0.25) is 0 Å². The zero-order chi connectivity index (χ0) is 20.3. The van der Waals surface area contributed by atoms with Crippen LogP contribution < -0.4 is 0 Å². The van der Waals surface area contributed by atoms with Crippen LogP contribution in [0, 0.1) is 33.5 Å². The zero-order valence-electron chi connectivity index (χ0n) is 18.7. The summed E-state index contributed by atoms with van der Waals surface area (Å²) in [6.07, 6.45) is 8.24. The molecule has 0 unspecified atom stereocenters. The molecule has 0 radical (unpaired) electrons. The van der Waals surface area contributed by atoms with Crippen LogP contribution in [0.15, 0.2) is 0 Å². The maximum absolute atomic E-state index is 5.78. The fourth-order valence-electron chi connectivity index (χ4n) is 8.71. The van der Waals surface area contributed by atoms with Crippen molar-refractivity contribution in [2.24, 2.45) is 33.5 Å². The molecule has 1 heterocycles. The number of hydrogen-bond acceptors (Lipinski definition) is 2. The van der Waals surface area contributed by atoms with Crippen molar-refractivity contribution in [3.63, 3.8) is 0 Å². The van der Waals surface area contributed by atoms with E-state index in [4.69, 9.17) is 24.8 Å². The Morgan fingerprint density at radius 2 is 1.54 bits per heavy atom. The van der Waals surface area contributed by atoms with Crippen LogP contribution in [0.1, 0.15) is 80.1 Å². The molecule has 0 aromatic heterocycles. The molecule has 4 bridgehead atoms. The highest BCUT2D eigenvalue weighted by Crippen LogP contribution is 2.68. The maximum Gasteiger partial charge on any atom is 0.297 e. The molecule has 2 nitrogen and oxygen atoms in total. The van der Waals surface area contributed by atoms with Gasteiger partial charge < -0.3 is 0 Å². The van der Waals surface area contributed by atoms with Crippen molar-refractivity contribution in [3.8, 4) is 0 Å². The van der Waals surface area contributed by atoms with E-state index in [0.717, 1.165) is 29.1 Å². The first kappa shape index (κ1) is 19.8. The molecule has 6 atom stereocenters. The largest absolute Gasteiger partial charge is 0.297 e. The normalized spacial score (nSPS) is 48.2. The lowest BCUT2D eigenvalue weighted by Gasteiger charge is -2.41. The molecule has 5 aliphatic rings. The summed E-state index contributed by atoms with van der Waals surface area (Å²) < 4.78 is 3.55. The van der Waals surface area contributed by atoms with Gasteiger partial charge in [-0.25, -0.2) is 0 Å². The van der Waals surface area contributed by atoms with Crippen molar-refractivity contribution in [2.45, 2.75) is 92.2 Å². The Kier molecular flexibility index (Phi) is 4.10. The number of hydrogen-bond donors (Lipinski definition) is 1. The number of nitrogens with zero attached hydrogens (tertiary/aromatic N) is 2. The molecule has 4 fully saturated rings. The van der Waals surface area contributed by atoms with E-state index < -0.39 is 0 Å². The highest BCUT2D eigenvalue weighted by atomic mass is 32.1. The molecule has 0 spiro atoms. The van der Waals surface area contributed by atoms with E-state index in [1.165, 1.54) is 44.4 Å². The molecular weight excluding hydrogens is 380 g/mol. The average Bonchev–Trinajstić information content (AvgIpc) is 3.30. The molecule has 4 aliphatic carbocycles. The predicted octanol–water partition coefficient (Wildman–Crippen LogP) is 5.40. The fraction of sp³-hybridized carbons (Fsp3) is 0.917. The Bertz CT molecular complexity index is 769. The highest BCUT2D eigenvalue weighted by molar-refractivity contribution is 8.13. The van der Waals surface area contributed by atoms with Crippen LogP contribution in [-0.2, 0) is 0 Å². The van der Waals surface area contributed by atoms with Gasteiger partial charge >= 0.3 is 0 Å². The van der Waals surface area contributed by atoms with Gasteiger partial charge in [-0.05, 0) is 61.2 Å². The van der Waals surface area contributed by atoms with E-state index >= 15 is 0 Å². The molecule has 0 aromatic rings. The van der Waals surface area contributed by atoms with Gasteiger partial charge in [0, 0.05) is 10.8 Å². The van der Waals surface area contributed by atoms with E-state index in [0.29, 0.717) is 33.7 Å². The third kappa shape index (κ3) is 2.13. The van der Waals surface area contributed by atoms with Crippen LogP contribution in [0.25, 0.3) is 0 Å². The lowest BCUT2D eigenvalue weighted by Crippen LogP contribution is -2.51.